The summed E-state index contributed by atoms with van der Waals surface area (Å²) in [4.78, 5) is 14.0. The maximum atomic E-state index is 12.1. The number of hydrogen-bond acceptors (Lipinski definition) is 3. The summed E-state index contributed by atoms with van der Waals surface area (Å²) in [6, 6.07) is 0.628. The number of carbonyl (C=O) groups is 1. The zero-order chi connectivity index (χ0) is 15.9. The Balaban J connectivity index is 2.32. The van der Waals surface area contributed by atoms with Gasteiger partial charge >= 0.3 is 6.09 Å². The van der Waals surface area contributed by atoms with E-state index in [2.05, 4.69) is 19.2 Å². The van der Waals surface area contributed by atoms with Crippen molar-refractivity contribution >= 4 is 6.09 Å². The molecule has 1 saturated carbocycles. The molecule has 0 bridgehead atoms. The van der Waals surface area contributed by atoms with E-state index >= 15 is 0 Å². The van der Waals surface area contributed by atoms with Crippen LogP contribution in [0.3, 0.4) is 0 Å². The quantitative estimate of drug-likeness (QED) is 0.811. The van der Waals surface area contributed by atoms with Crippen molar-refractivity contribution in [3.8, 4) is 0 Å². The van der Waals surface area contributed by atoms with E-state index in [0.29, 0.717) is 6.04 Å². The van der Waals surface area contributed by atoms with Crippen molar-refractivity contribution in [2.45, 2.75) is 78.4 Å². The van der Waals surface area contributed by atoms with E-state index in [1.165, 1.54) is 25.7 Å². The molecule has 4 nitrogen and oxygen atoms in total. The van der Waals surface area contributed by atoms with Gasteiger partial charge in [0.15, 0.2) is 0 Å². The number of hydrogen-bond donors (Lipinski definition) is 1. The van der Waals surface area contributed by atoms with Gasteiger partial charge in [0, 0.05) is 25.7 Å². The second-order valence-electron chi connectivity index (χ2n) is 7.38. The van der Waals surface area contributed by atoms with Crippen molar-refractivity contribution in [2.75, 3.05) is 19.6 Å². The molecule has 1 aliphatic carbocycles. The zero-order valence-corrected chi connectivity index (χ0v) is 14.6. The van der Waals surface area contributed by atoms with Crippen LogP contribution in [0, 0.1) is 5.92 Å². The van der Waals surface area contributed by atoms with Crippen molar-refractivity contribution < 1.29 is 9.53 Å². The molecule has 0 spiro atoms. The fourth-order valence-corrected chi connectivity index (χ4v) is 2.76. The predicted octanol–water partition coefficient (Wildman–Crippen LogP) is 3.80. The topological polar surface area (TPSA) is 41.6 Å². The van der Waals surface area contributed by atoms with Gasteiger partial charge < -0.3 is 15.0 Å². The molecule has 4 heteroatoms. The highest BCUT2D eigenvalue weighted by atomic mass is 16.6. The Morgan fingerprint density at radius 1 is 1.19 bits per heavy atom. The number of amides is 1. The van der Waals surface area contributed by atoms with Crippen molar-refractivity contribution in [1.82, 2.24) is 10.2 Å². The van der Waals surface area contributed by atoms with Crippen LogP contribution < -0.4 is 5.32 Å². The van der Waals surface area contributed by atoms with Crippen molar-refractivity contribution in [3.05, 3.63) is 0 Å². The van der Waals surface area contributed by atoms with Gasteiger partial charge in [-0.2, -0.15) is 0 Å². The number of ether oxygens (including phenoxy) is 1. The number of nitrogens with one attached hydrogen (secondary N) is 1. The maximum absolute atomic E-state index is 12.1. The van der Waals surface area contributed by atoms with Gasteiger partial charge in [-0.05, 0) is 58.8 Å². The third kappa shape index (κ3) is 7.70. The average molecular weight is 298 g/mol. The van der Waals surface area contributed by atoms with Crippen LogP contribution in [0.4, 0.5) is 4.79 Å². The molecule has 0 aliphatic heterocycles. The standard InChI is InChI=1S/C17H34N2O2/c1-6-12-19(16(20)21-17(3,4)5)13-11-18-15-9-7-14(2)8-10-15/h14-15,18H,6-13H2,1-5H3. The first-order valence-electron chi connectivity index (χ1n) is 8.53. The Bertz CT molecular complexity index is 304. The molecular formula is C17H34N2O2. The number of nitrogens with zero attached hydrogens (tertiary/aromatic N) is 1. The number of rotatable bonds is 6. The molecule has 0 radical (unpaired) electrons. The van der Waals surface area contributed by atoms with Gasteiger partial charge in [0.2, 0.25) is 0 Å². The van der Waals surface area contributed by atoms with Crippen LogP contribution in [0.5, 0.6) is 0 Å². The molecule has 0 aromatic heterocycles. The Labute approximate surface area is 130 Å². The van der Waals surface area contributed by atoms with Crippen LogP contribution in [0.15, 0.2) is 0 Å². The Hall–Kier alpha value is -0.770. The van der Waals surface area contributed by atoms with Crippen LogP contribution in [0.1, 0.15) is 66.7 Å². The molecule has 1 aliphatic rings. The highest BCUT2D eigenvalue weighted by Crippen LogP contribution is 2.23. The van der Waals surface area contributed by atoms with Crippen molar-refractivity contribution in [1.29, 1.82) is 0 Å². The minimum absolute atomic E-state index is 0.191. The number of carbonyl (C=O) groups excluding carboxylic acids is 1. The molecule has 0 heterocycles. The molecular weight excluding hydrogens is 264 g/mol. The molecule has 1 amide bonds. The molecule has 0 unspecified atom stereocenters. The highest BCUT2D eigenvalue weighted by molar-refractivity contribution is 5.68. The van der Waals surface area contributed by atoms with Crippen LogP contribution in [-0.2, 0) is 4.74 Å². The summed E-state index contributed by atoms with van der Waals surface area (Å²) >= 11 is 0. The first kappa shape index (κ1) is 18.3. The lowest BCUT2D eigenvalue weighted by molar-refractivity contribution is 0.0250. The Morgan fingerprint density at radius 2 is 1.81 bits per heavy atom. The third-order valence-electron chi connectivity index (χ3n) is 3.98. The largest absolute Gasteiger partial charge is 0.444 e. The van der Waals surface area contributed by atoms with Gasteiger partial charge in [0.25, 0.3) is 0 Å². The lowest BCUT2D eigenvalue weighted by Gasteiger charge is -2.30. The van der Waals surface area contributed by atoms with Gasteiger partial charge in [0.1, 0.15) is 5.60 Å². The lowest BCUT2D eigenvalue weighted by atomic mass is 9.87. The van der Waals surface area contributed by atoms with Gasteiger partial charge in [-0.25, -0.2) is 4.79 Å². The summed E-state index contributed by atoms with van der Waals surface area (Å²) < 4.78 is 5.47. The third-order valence-corrected chi connectivity index (χ3v) is 3.98. The first-order valence-corrected chi connectivity index (χ1v) is 8.53. The average Bonchev–Trinajstić information content (AvgIpc) is 2.38. The fraction of sp³-hybridized carbons (Fsp3) is 0.941. The van der Waals surface area contributed by atoms with Crippen LogP contribution in [0.2, 0.25) is 0 Å². The molecule has 21 heavy (non-hydrogen) atoms. The summed E-state index contributed by atoms with van der Waals surface area (Å²) in [5.74, 6) is 0.876. The van der Waals surface area contributed by atoms with E-state index < -0.39 is 5.60 Å². The summed E-state index contributed by atoms with van der Waals surface area (Å²) in [6.07, 6.45) is 5.94. The summed E-state index contributed by atoms with van der Waals surface area (Å²) in [6.45, 7) is 12.5. The van der Waals surface area contributed by atoms with Gasteiger partial charge in [-0.1, -0.05) is 13.8 Å². The molecule has 0 aromatic rings. The lowest BCUT2D eigenvalue weighted by Crippen LogP contribution is -2.43. The smallest absolute Gasteiger partial charge is 0.410 e. The van der Waals surface area contributed by atoms with Gasteiger partial charge in [0.05, 0.1) is 0 Å². The van der Waals surface area contributed by atoms with Crippen LogP contribution in [-0.4, -0.2) is 42.3 Å². The molecule has 0 saturated heterocycles. The van der Waals surface area contributed by atoms with E-state index in [-0.39, 0.29) is 6.09 Å². The first-order chi connectivity index (χ1) is 9.81. The van der Waals surface area contributed by atoms with Crippen LogP contribution in [0.25, 0.3) is 0 Å². The van der Waals surface area contributed by atoms with E-state index in [1.807, 2.05) is 25.7 Å². The Kier molecular flexibility index (Phi) is 7.50. The minimum Gasteiger partial charge on any atom is -0.444 e. The normalized spacial score (nSPS) is 22.9. The fourth-order valence-electron chi connectivity index (χ4n) is 2.76. The monoisotopic (exact) mass is 298 g/mol. The highest BCUT2D eigenvalue weighted by Gasteiger charge is 2.22. The van der Waals surface area contributed by atoms with Crippen molar-refractivity contribution in [2.24, 2.45) is 5.92 Å². The second-order valence-corrected chi connectivity index (χ2v) is 7.38. The predicted molar refractivity (Wildman–Crippen MR) is 87.5 cm³/mol. The zero-order valence-electron chi connectivity index (χ0n) is 14.6. The van der Waals surface area contributed by atoms with Crippen LogP contribution >= 0.6 is 0 Å². The summed E-state index contributed by atoms with van der Waals surface area (Å²) in [5, 5.41) is 3.60. The Morgan fingerprint density at radius 3 is 2.33 bits per heavy atom. The van der Waals surface area contributed by atoms with Gasteiger partial charge in [-0.3, -0.25) is 0 Å². The SMILES string of the molecule is CCCN(CCNC1CCC(C)CC1)C(=O)OC(C)(C)C. The van der Waals surface area contributed by atoms with E-state index in [9.17, 15) is 4.79 Å². The van der Waals surface area contributed by atoms with E-state index in [4.69, 9.17) is 4.74 Å². The maximum Gasteiger partial charge on any atom is 0.410 e. The minimum atomic E-state index is -0.421. The van der Waals surface area contributed by atoms with E-state index in [0.717, 1.165) is 32.0 Å². The second kappa shape index (κ2) is 8.62. The molecule has 124 valence electrons. The summed E-state index contributed by atoms with van der Waals surface area (Å²) in [7, 11) is 0. The molecule has 1 fully saturated rings. The van der Waals surface area contributed by atoms with Crippen molar-refractivity contribution in [3.63, 3.8) is 0 Å². The van der Waals surface area contributed by atoms with Gasteiger partial charge in [-0.15, -0.1) is 0 Å². The molecule has 0 atom stereocenters. The summed E-state index contributed by atoms with van der Waals surface area (Å²) in [5.41, 5.74) is -0.421. The molecule has 1 N–H and O–H groups in total. The molecule has 1 rings (SSSR count). The van der Waals surface area contributed by atoms with E-state index in [1.54, 1.807) is 0 Å². The molecule has 0 aromatic carbocycles.